The van der Waals surface area contributed by atoms with Gasteiger partial charge in [-0.1, -0.05) is 200 Å². The van der Waals surface area contributed by atoms with Crippen LogP contribution >= 0.6 is 0 Å². The van der Waals surface area contributed by atoms with Crippen LogP contribution in [0.5, 0.6) is 0 Å². The highest BCUT2D eigenvalue weighted by molar-refractivity contribution is 7.22. The number of aromatic nitrogens is 3. The van der Waals surface area contributed by atoms with Gasteiger partial charge in [-0.25, -0.2) is 15.0 Å². The van der Waals surface area contributed by atoms with Crippen molar-refractivity contribution >= 4 is 71.9 Å². The molecule has 0 spiro atoms. The van der Waals surface area contributed by atoms with Crippen molar-refractivity contribution in [2.24, 2.45) is 0 Å². The fourth-order valence-electron chi connectivity index (χ4n) is 9.85. The second kappa shape index (κ2) is 13.3. The molecular formula is C55H35N3Si. The van der Waals surface area contributed by atoms with Crippen LogP contribution in [0.1, 0.15) is 0 Å². The Morgan fingerprint density at radius 1 is 0.271 bits per heavy atom. The van der Waals surface area contributed by atoms with Gasteiger partial charge in [0.1, 0.15) is 0 Å². The van der Waals surface area contributed by atoms with Gasteiger partial charge < -0.3 is 0 Å². The van der Waals surface area contributed by atoms with E-state index in [1.165, 1.54) is 69.6 Å². The predicted octanol–water partition coefficient (Wildman–Crippen LogP) is 10.8. The summed E-state index contributed by atoms with van der Waals surface area (Å²) >= 11 is 0. The third kappa shape index (κ3) is 5.03. The van der Waals surface area contributed by atoms with E-state index in [2.05, 4.69) is 176 Å². The van der Waals surface area contributed by atoms with Crippen LogP contribution in [0.4, 0.5) is 0 Å². The maximum absolute atomic E-state index is 5.32. The van der Waals surface area contributed by atoms with Crippen LogP contribution in [-0.2, 0) is 0 Å². The van der Waals surface area contributed by atoms with Gasteiger partial charge in [0.25, 0.3) is 0 Å². The molecule has 4 heteroatoms. The van der Waals surface area contributed by atoms with E-state index < -0.39 is 8.07 Å². The third-order valence-electron chi connectivity index (χ3n) is 12.4. The molecule has 0 saturated heterocycles. The van der Waals surface area contributed by atoms with E-state index in [4.69, 9.17) is 15.0 Å². The monoisotopic (exact) mass is 765 g/mol. The highest BCUT2D eigenvalue weighted by Gasteiger charge is 2.50. The molecule has 0 radical (unpaired) electrons. The molecule has 12 rings (SSSR count). The lowest BCUT2D eigenvalue weighted by molar-refractivity contribution is 1.08. The summed E-state index contributed by atoms with van der Waals surface area (Å²) in [4.78, 5) is 15.7. The Labute approximate surface area is 343 Å². The Kier molecular flexibility index (Phi) is 7.56. The fourth-order valence-corrected chi connectivity index (χ4v) is 15.1. The molecule has 1 aliphatic heterocycles. The Morgan fingerprint density at radius 2 is 0.661 bits per heavy atom. The Hall–Kier alpha value is -7.53. The zero-order valence-corrected chi connectivity index (χ0v) is 33.0. The molecular weight excluding hydrogens is 731 g/mol. The first-order valence-corrected chi connectivity index (χ1v) is 22.2. The van der Waals surface area contributed by atoms with E-state index in [1.54, 1.807) is 0 Å². The van der Waals surface area contributed by atoms with Gasteiger partial charge in [-0.15, -0.1) is 0 Å². The standard InChI is InChI=1S/C55H35N3Si/c1-5-19-36(20-6-1)53-56-54(37-21-7-2-8-22-37)58-55(57-53)48-35-51-52(45-32-18-17-31-44(45)48)49-33-46-42-29-15-13-27-40(42)41-28-14-16-30-43(41)47(46)34-50(49)59(51,38-23-9-3-10-24-38)39-25-11-4-12-26-39/h1-35H. The van der Waals surface area contributed by atoms with Gasteiger partial charge in [-0.2, -0.15) is 0 Å². The lowest BCUT2D eigenvalue weighted by Gasteiger charge is -2.32. The molecule has 0 bridgehead atoms. The summed E-state index contributed by atoms with van der Waals surface area (Å²) in [5.74, 6) is 1.97. The molecule has 0 fully saturated rings. The van der Waals surface area contributed by atoms with Gasteiger partial charge >= 0.3 is 0 Å². The van der Waals surface area contributed by atoms with Crippen molar-refractivity contribution in [1.29, 1.82) is 0 Å². The Balaban J connectivity index is 1.26. The molecule has 3 nitrogen and oxygen atoms in total. The van der Waals surface area contributed by atoms with E-state index >= 15 is 0 Å². The SMILES string of the molecule is c1ccc(-c2nc(-c3ccccc3)nc(-c3cc4c(c5ccccc35)-c3cc5c6ccccc6c6ccccc6c5cc3[Si]4(c3ccccc3)c3ccccc3)n2)cc1. The van der Waals surface area contributed by atoms with E-state index in [-0.39, 0.29) is 0 Å². The minimum absolute atomic E-state index is 0.655. The Bertz CT molecular complexity index is 3330. The van der Waals surface area contributed by atoms with Gasteiger partial charge in [0.15, 0.2) is 25.5 Å². The van der Waals surface area contributed by atoms with E-state index in [1.807, 2.05) is 36.4 Å². The predicted molar refractivity (Wildman–Crippen MR) is 249 cm³/mol. The molecule has 0 N–H and O–H groups in total. The van der Waals surface area contributed by atoms with Gasteiger partial charge in [0.05, 0.1) is 0 Å². The molecule has 1 aliphatic rings. The van der Waals surface area contributed by atoms with Crippen LogP contribution in [0.15, 0.2) is 212 Å². The molecule has 1 aromatic heterocycles. The summed E-state index contributed by atoms with van der Waals surface area (Å²) in [5, 5.41) is 15.5. The summed E-state index contributed by atoms with van der Waals surface area (Å²) in [6, 6.07) is 77.3. The van der Waals surface area contributed by atoms with E-state index in [0.29, 0.717) is 17.5 Å². The first kappa shape index (κ1) is 33.6. The van der Waals surface area contributed by atoms with Crippen molar-refractivity contribution in [1.82, 2.24) is 15.0 Å². The maximum Gasteiger partial charge on any atom is 0.180 e. The average Bonchev–Trinajstić information content (AvgIpc) is 3.62. The maximum atomic E-state index is 5.32. The highest BCUT2D eigenvalue weighted by Crippen LogP contribution is 2.43. The number of benzene rings is 10. The van der Waals surface area contributed by atoms with Crippen LogP contribution < -0.4 is 20.7 Å². The highest BCUT2D eigenvalue weighted by atomic mass is 28.3. The molecule has 0 amide bonds. The molecule has 59 heavy (non-hydrogen) atoms. The van der Waals surface area contributed by atoms with Crippen molar-refractivity contribution in [2.45, 2.75) is 0 Å². The quantitative estimate of drug-likeness (QED) is 0.129. The normalized spacial score (nSPS) is 12.9. The zero-order valence-electron chi connectivity index (χ0n) is 32.0. The van der Waals surface area contributed by atoms with Crippen molar-refractivity contribution in [3.8, 4) is 45.3 Å². The van der Waals surface area contributed by atoms with E-state index in [0.717, 1.165) is 22.1 Å². The van der Waals surface area contributed by atoms with Gasteiger partial charge in [-0.05, 0) is 87.1 Å². The smallest absolute Gasteiger partial charge is 0.180 e. The summed E-state index contributed by atoms with van der Waals surface area (Å²) in [6.45, 7) is 0. The van der Waals surface area contributed by atoms with Crippen LogP contribution in [0.3, 0.4) is 0 Å². The second-order valence-electron chi connectivity index (χ2n) is 15.4. The lowest BCUT2D eigenvalue weighted by atomic mass is 9.90. The van der Waals surface area contributed by atoms with Crippen LogP contribution in [0.2, 0.25) is 0 Å². The molecule has 0 atom stereocenters. The summed E-state index contributed by atoms with van der Waals surface area (Å²) in [7, 11) is -3.01. The first-order chi connectivity index (χ1) is 29.3. The number of fused-ring (bicyclic) bond motifs is 11. The molecule has 10 aromatic carbocycles. The topological polar surface area (TPSA) is 38.7 Å². The summed E-state index contributed by atoms with van der Waals surface area (Å²) in [6.07, 6.45) is 0. The van der Waals surface area contributed by atoms with Crippen LogP contribution in [0.25, 0.3) is 88.4 Å². The third-order valence-corrected chi connectivity index (χ3v) is 17.2. The van der Waals surface area contributed by atoms with Gasteiger partial charge in [-0.3, -0.25) is 0 Å². The van der Waals surface area contributed by atoms with Gasteiger partial charge in [0, 0.05) is 16.7 Å². The minimum Gasteiger partial charge on any atom is -0.208 e. The van der Waals surface area contributed by atoms with Crippen molar-refractivity contribution in [3.05, 3.63) is 212 Å². The molecule has 11 aromatic rings. The van der Waals surface area contributed by atoms with Crippen molar-refractivity contribution in [2.75, 3.05) is 0 Å². The number of rotatable bonds is 5. The zero-order chi connectivity index (χ0) is 38.9. The Morgan fingerprint density at radius 3 is 1.17 bits per heavy atom. The van der Waals surface area contributed by atoms with Crippen LogP contribution in [-0.4, -0.2) is 23.0 Å². The molecule has 0 unspecified atom stereocenters. The van der Waals surface area contributed by atoms with Crippen molar-refractivity contribution in [3.63, 3.8) is 0 Å². The average molecular weight is 766 g/mol. The molecule has 2 heterocycles. The largest absolute Gasteiger partial charge is 0.208 e. The first-order valence-electron chi connectivity index (χ1n) is 20.2. The molecule has 0 aliphatic carbocycles. The number of hydrogen-bond acceptors (Lipinski definition) is 3. The summed E-state index contributed by atoms with van der Waals surface area (Å²) < 4.78 is 0. The second-order valence-corrected chi connectivity index (χ2v) is 19.2. The number of nitrogens with zero attached hydrogens (tertiary/aromatic N) is 3. The summed E-state index contributed by atoms with van der Waals surface area (Å²) in [5.41, 5.74) is 5.52. The van der Waals surface area contributed by atoms with Gasteiger partial charge in [0.2, 0.25) is 0 Å². The van der Waals surface area contributed by atoms with E-state index in [9.17, 15) is 0 Å². The lowest BCUT2D eigenvalue weighted by Crippen LogP contribution is -2.72. The minimum atomic E-state index is -3.01. The molecule has 0 saturated carbocycles. The van der Waals surface area contributed by atoms with Crippen LogP contribution in [0, 0.1) is 0 Å². The molecule has 274 valence electrons. The fraction of sp³-hybridized carbons (Fsp3) is 0. The number of hydrogen-bond donors (Lipinski definition) is 0. The van der Waals surface area contributed by atoms with Crippen molar-refractivity contribution < 1.29 is 0 Å².